The normalized spacial score (nSPS) is 21.4. The molecule has 1 saturated carbocycles. The standard InChI is InChI=1S/C20H30N2O3/c1-3-15(2)22-19(23)17-6-4-5-16(13-17)14-21-18-7-9-20(10-8-18)24-11-12-25-20/h4-6,13,15,18,21H,3,7-12,14H2,1-2H3,(H,22,23)/t15-/m1/s1. The van der Waals surface area contributed by atoms with Crippen molar-refractivity contribution in [1.82, 2.24) is 10.6 Å². The Morgan fingerprint density at radius 1 is 1.28 bits per heavy atom. The summed E-state index contributed by atoms with van der Waals surface area (Å²) in [5.74, 6) is -0.294. The van der Waals surface area contributed by atoms with E-state index in [0.29, 0.717) is 6.04 Å². The van der Waals surface area contributed by atoms with Crippen LogP contribution in [0.4, 0.5) is 0 Å². The maximum absolute atomic E-state index is 12.3. The van der Waals surface area contributed by atoms with Crippen LogP contribution in [0.25, 0.3) is 0 Å². The summed E-state index contributed by atoms with van der Waals surface area (Å²) in [6, 6.07) is 8.57. The van der Waals surface area contributed by atoms with Crippen molar-refractivity contribution in [3.63, 3.8) is 0 Å². The zero-order valence-electron chi connectivity index (χ0n) is 15.3. The molecule has 0 radical (unpaired) electrons. The summed E-state index contributed by atoms with van der Waals surface area (Å²) in [6.45, 7) is 6.33. The van der Waals surface area contributed by atoms with Crippen molar-refractivity contribution in [3.8, 4) is 0 Å². The van der Waals surface area contributed by atoms with Gasteiger partial charge in [-0.15, -0.1) is 0 Å². The summed E-state index contributed by atoms with van der Waals surface area (Å²) in [5, 5.41) is 6.64. The molecular formula is C20H30N2O3. The molecule has 1 atom stereocenters. The monoisotopic (exact) mass is 346 g/mol. The summed E-state index contributed by atoms with van der Waals surface area (Å²) in [5.41, 5.74) is 1.88. The molecule has 1 aromatic rings. The number of amides is 1. The number of ether oxygens (including phenoxy) is 2. The largest absolute Gasteiger partial charge is 0.350 e. The lowest BCUT2D eigenvalue weighted by molar-refractivity contribution is -0.179. The molecular weight excluding hydrogens is 316 g/mol. The number of carbonyl (C=O) groups is 1. The maximum atomic E-state index is 12.3. The first-order valence-electron chi connectivity index (χ1n) is 9.51. The molecule has 1 aliphatic carbocycles. The third-order valence-electron chi connectivity index (χ3n) is 5.33. The van der Waals surface area contributed by atoms with E-state index in [4.69, 9.17) is 9.47 Å². The molecule has 1 spiro atoms. The lowest BCUT2D eigenvalue weighted by atomic mass is 9.90. The molecule has 0 unspecified atom stereocenters. The predicted molar refractivity (Wildman–Crippen MR) is 97.4 cm³/mol. The van der Waals surface area contributed by atoms with E-state index in [0.717, 1.165) is 63.0 Å². The highest BCUT2D eigenvalue weighted by atomic mass is 16.7. The Labute approximate surface area is 150 Å². The summed E-state index contributed by atoms with van der Waals surface area (Å²) in [7, 11) is 0. The van der Waals surface area contributed by atoms with Crippen molar-refractivity contribution in [2.75, 3.05) is 13.2 Å². The molecule has 25 heavy (non-hydrogen) atoms. The molecule has 1 aromatic carbocycles. The highest BCUT2D eigenvalue weighted by molar-refractivity contribution is 5.94. The smallest absolute Gasteiger partial charge is 0.251 e. The fraction of sp³-hybridized carbons (Fsp3) is 0.650. The van der Waals surface area contributed by atoms with Gasteiger partial charge in [0.25, 0.3) is 5.91 Å². The van der Waals surface area contributed by atoms with Gasteiger partial charge in [0.2, 0.25) is 0 Å². The van der Waals surface area contributed by atoms with Crippen molar-refractivity contribution >= 4 is 5.91 Å². The van der Waals surface area contributed by atoms with E-state index in [1.165, 1.54) is 0 Å². The Kier molecular flexibility index (Phi) is 6.10. The Morgan fingerprint density at radius 2 is 2.00 bits per heavy atom. The molecule has 2 fully saturated rings. The summed E-state index contributed by atoms with van der Waals surface area (Å²) in [6.07, 6.45) is 4.98. The highest BCUT2D eigenvalue weighted by Gasteiger charge is 2.40. The number of rotatable bonds is 6. The molecule has 138 valence electrons. The molecule has 3 rings (SSSR count). The SMILES string of the molecule is CC[C@@H](C)NC(=O)c1cccc(CNC2CCC3(CC2)OCCO3)c1. The third-order valence-corrected chi connectivity index (χ3v) is 5.33. The number of carbonyl (C=O) groups excluding carboxylic acids is 1. The van der Waals surface area contributed by atoms with Crippen LogP contribution in [0.1, 0.15) is 61.9 Å². The van der Waals surface area contributed by atoms with Gasteiger partial charge in [-0.05, 0) is 43.9 Å². The van der Waals surface area contributed by atoms with Gasteiger partial charge in [0, 0.05) is 37.0 Å². The topological polar surface area (TPSA) is 59.6 Å². The Bertz CT molecular complexity index is 574. The van der Waals surface area contributed by atoms with Crippen LogP contribution >= 0.6 is 0 Å². The Balaban J connectivity index is 1.49. The van der Waals surface area contributed by atoms with Gasteiger partial charge in [0.15, 0.2) is 5.79 Å². The molecule has 2 N–H and O–H groups in total. The van der Waals surface area contributed by atoms with E-state index in [1.54, 1.807) is 0 Å². The second kappa shape index (κ2) is 8.30. The van der Waals surface area contributed by atoms with Crippen LogP contribution < -0.4 is 10.6 Å². The first kappa shape index (κ1) is 18.4. The van der Waals surface area contributed by atoms with Gasteiger partial charge in [-0.2, -0.15) is 0 Å². The van der Waals surface area contributed by atoms with Crippen LogP contribution in [0.2, 0.25) is 0 Å². The molecule has 5 heteroatoms. The first-order valence-corrected chi connectivity index (χ1v) is 9.51. The third kappa shape index (κ3) is 4.81. The summed E-state index contributed by atoms with van der Waals surface area (Å²) < 4.78 is 11.6. The van der Waals surface area contributed by atoms with Crippen molar-refractivity contribution in [2.24, 2.45) is 0 Å². The van der Waals surface area contributed by atoms with Crippen molar-refractivity contribution in [2.45, 2.75) is 70.4 Å². The number of hydrogen-bond acceptors (Lipinski definition) is 4. The minimum atomic E-state index is -0.299. The zero-order chi connectivity index (χ0) is 17.7. The predicted octanol–water partition coefficient (Wildman–Crippen LogP) is 2.99. The molecule has 0 aromatic heterocycles. The average Bonchev–Trinajstić information content (AvgIpc) is 3.09. The van der Waals surface area contributed by atoms with E-state index in [1.807, 2.05) is 25.1 Å². The molecule has 1 saturated heterocycles. The second-order valence-electron chi connectivity index (χ2n) is 7.25. The maximum Gasteiger partial charge on any atom is 0.251 e. The summed E-state index contributed by atoms with van der Waals surface area (Å²) in [4.78, 5) is 12.3. The summed E-state index contributed by atoms with van der Waals surface area (Å²) >= 11 is 0. The molecule has 1 amide bonds. The van der Waals surface area contributed by atoms with E-state index in [-0.39, 0.29) is 17.7 Å². The van der Waals surface area contributed by atoms with Crippen LogP contribution in [0, 0.1) is 0 Å². The average molecular weight is 346 g/mol. The first-order chi connectivity index (χ1) is 12.1. The molecule has 1 aliphatic heterocycles. The Morgan fingerprint density at radius 3 is 2.68 bits per heavy atom. The molecule has 1 heterocycles. The van der Waals surface area contributed by atoms with Gasteiger partial charge in [-0.3, -0.25) is 4.79 Å². The number of nitrogens with one attached hydrogen (secondary N) is 2. The molecule has 5 nitrogen and oxygen atoms in total. The van der Waals surface area contributed by atoms with E-state index in [2.05, 4.69) is 23.6 Å². The fourth-order valence-corrected chi connectivity index (χ4v) is 3.54. The number of benzene rings is 1. The van der Waals surface area contributed by atoms with Gasteiger partial charge < -0.3 is 20.1 Å². The van der Waals surface area contributed by atoms with Gasteiger partial charge in [0.1, 0.15) is 0 Å². The lowest BCUT2D eigenvalue weighted by Gasteiger charge is -2.35. The Hall–Kier alpha value is -1.43. The van der Waals surface area contributed by atoms with Gasteiger partial charge in [0.05, 0.1) is 13.2 Å². The quantitative estimate of drug-likeness (QED) is 0.831. The van der Waals surface area contributed by atoms with Gasteiger partial charge in [-0.25, -0.2) is 0 Å². The van der Waals surface area contributed by atoms with Crippen molar-refractivity contribution < 1.29 is 14.3 Å². The van der Waals surface area contributed by atoms with Crippen LogP contribution in [-0.4, -0.2) is 37.0 Å². The van der Waals surface area contributed by atoms with Crippen LogP contribution in [0.5, 0.6) is 0 Å². The fourth-order valence-electron chi connectivity index (χ4n) is 3.54. The highest BCUT2D eigenvalue weighted by Crippen LogP contribution is 2.35. The molecule has 0 bridgehead atoms. The zero-order valence-corrected chi connectivity index (χ0v) is 15.3. The van der Waals surface area contributed by atoms with Crippen LogP contribution in [0.3, 0.4) is 0 Å². The lowest BCUT2D eigenvalue weighted by Crippen LogP contribution is -2.41. The van der Waals surface area contributed by atoms with Crippen molar-refractivity contribution in [3.05, 3.63) is 35.4 Å². The second-order valence-corrected chi connectivity index (χ2v) is 7.25. The van der Waals surface area contributed by atoms with Crippen LogP contribution in [0.15, 0.2) is 24.3 Å². The molecule has 2 aliphatic rings. The van der Waals surface area contributed by atoms with Crippen LogP contribution in [-0.2, 0) is 16.0 Å². The van der Waals surface area contributed by atoms with E-state index >= 15 is 0 Å². The minimum Gasteiger partial charge on any atom is -0.350 e. The van der Waals surface area contributed by atoms with Gasteiger partial charge >= 0.3 is 0 Å². The van der Waals surface area contributed by atoms with E-state index in [9.17, 15) is 4.79 Å². The van der Waals surface area contributed by atoms with E-state index < -0.39 is 0 Å². The van der Waals surface area contributed by atoms with Crippen molar-refractivity contribution in [1.29, 1.82) is 0 Å². The minimum absolute atomic E-state index is 0.00587. The van der Waals surface area contributed by atoms with Gasteiger partial charge in [-0.1, -0.05) is 19.1 Å². The number of hydrogen-bond donors (Lipinski definition) is 2.